The Kier molecular flexibility index (Phi) is 3.80. The SMILES string of the molecule is NC(=O)c1oc2ccccc2c1NC(=O)Cc1ccc(F)cc1. The monoisotopic (exact) mass is 312 g/mol. The van der Waals surface area contributed by atoms with Gasteiger partial charge in [0.05, 0.1) is 6.42 Å². The Morgan fingerprint density at radius 2 is 1.78 bits per heavy atom. The summed E-state index contributed by atoms with van der Waals surface area (Å²) in [6, 6.07) is 12.5. The lowest BCUT2D eigenvalue weighted by Gasteiger charge is -2.05. The highest BCUT2D eigenvalue weighted by Crippen LogP contribution is 2.30. The van der Waals surface area contributed by atoms with Crippen LogP contribution in [0.15, 0.2) is 52.9 Å². The first-order valence-corrected chi connectivity index (χ1v) is 6.90. The van der Waals surface area contributed by atoms with E-state index < -0.39 is 5.91 Å². The van der Waals surface area contributed by atoms with Crippen LogP contribution < -0.4 is 11.1 Å². The van der Waals surface area contributed by atoms with Crippen LogP contribution in [-0.2, 0) is 11.2 Å². The summed E-state index contributed by atoms with van der Waals surface area (Å²) in [5, 5.41) is 3.24. The van der Waals surface area contributed by atoms with Crippen molar-refractivity contribution in [1.29, 1.82) is 0 Å². The molecule has 3 N–H and O–H groups in total. The van der Waals surface area contributed by atoms with Crippen LogP contribution in [0.2, 0.25) is 0 Å². The Bertz CT molecular complexity index is 884. The van der Waals surface area contributed by atoms with Crippen molar-refractivity contribution >= 4 is 28.5 Å². The standard InChI is InChI=1S/C17H13FN2O3/c18-11-7-5-10(6-8-11)9-14(21)20-15-12-3-1-2-4-13(12)23-16(15)17(19)22/h1-8H,9H2,(H2,19,22)(H,20,21). The van der Waals surface area contributed by atoms with Gasteiger partial charge >= 0.3 is 0 Å². The number of rotatable bonds is 4. The van der Waals surface area contributed by atoms with Crippen LogP contribution in [0.1, 0.15) is 16.1 Å². The van der Waals surface area contributed by atoms with Crippen molar-refractivity contribution in [3.8, 4) is 0 Å². The Hall–Kier alpha value is -3.15. The quantitative estimate of drug-likeness (QED) is 0.776. The summed E-state index contributed by atoms with van der Waals surface area (Å²) in [5.74, 6) is -1.59. The van der Waals surface area contributed by atoms with Crippen molar-refractivity contribution in [2.24, 2.45) is 5.73 Å². The summed E-state index contributed by atoms with van der Waals surface area (Å²) in [6.45, 7) is 0. The summed E-state index contributed by atoms with van der Waals surface area (Å²) in [6.07, 6.45) is 0.0397. The summed E-state index contributed by atoms with van der Waals surface area (Å²) < 4.78 is 18.3. The number of benzene rings is 2. The average Bonchev–Trinajstić information content (AvgIpc) is 2.89. The van der Waals surface area contributed by atoms with E-state index in [1.165, 1.54) is 24.3 Å². The number of amides is 2. The maximum absolute atomic E-state index is 12.9. The van der Waals surface area contributed by atoms with E-state index in [0.717, 1.165) is 0 Å². The van der Waals surface area contributed by atoms with E-state index >= 15 is 0 Å². The van der Waals surface area contributed by atoms with Crippen molar-refractivity contribution in [1.82, 2.24) is 0 Å². The van der Waals surface area contributed by atoms with Gasteiger partial charge in [0.25, 0.3) is 5.91 Å². The van der Waals surface area contributed by atoms with E-state index in [-0.39, 0.29) is 29.6 Å². The van der Waals surface area contributed by atoms with E-state index in [1.54, 1.807) is 24.3 Å². The first-order valence-electron chi connectivity index (χ1n) is 6.90. The van der Waals surface area contributed by atoms with E-state index in [1.807, 2.05) is 0 Å². The molecular formula is C17H13FN2O3. The predicted molar refractivity (Wildman–Crippen MR) is 83.5 cm³/mol. The van der Waals surface area contributed by atoms with Gasteiger partial charge in [-0.05, 0) is 29.8 Å². The molecule has 23 heavy (non-hydrogen) atoms. The fourth-order valence-electron chi connectivity index (χ4n) is 2.31. The highest BCUT2D eigenvalue weighted by Gasteiger charge is 2.20. The normalized spacial score (nSPS) is 10.7. The maximum Gasteiger partial charge on any atom is 0.286 e. The number of halogens is 1. The number of hydrogen-bond acceptors (Lipinski definition) is 3. The lowest BCUT2D eigenvalue weighted by molar-refractivity contribution is -0.115. The molecule has 116 valence electrons. The number of para-hydroxylation sites is 1. The Morgan fingerprint density at radius 1 is 1.09 bits per heavy atom. The minimum atomic E-state index is -0.765. The molecule has 3 rings (SSSR count). The van der Waals surface area contributed by atoms with Gasteiger partial charge in [-0.15, -0.1) is 0 Å². The zero-order chi connectivity index (χ0) is 16.4. The average molecular weight is 312 g/mol. The van der Waals surface area contributed by atoms with Gasteiger partial charge in [-0.1, -0.05) is 24.3 Å². The zero-order valence-corrected chi connectivity index (χ0v) is 12.0. The number of fused-ring (bicyclic) bond motifs is 1. The highest BCUT2D eigenvalue weighted by molar-refractivity contribution is 6.10. The molecule has 0 radical (unpaired) electrons. The molecule has 3 aromatic rings. The molecule has 0 aliphatic rings. The lowest BCUT2D eigenvalue weighted by atomic mass is 10.1. The molecule has 0 unspecified atom stereocenters. The molecule has 0 atom stereocenters. The van der Waals surface area contributed by atoms with Gasteiger partial charge in [0.2, 0.25) is 11.7 Å². The van der Waals surface area contributed by atoms with Gasteiger partial charge in [-0.25, -0.2) is 4.39 Å². The number of furan rings is 1. The topological polar surface area (TPSA) is 85.3 Å². The third-order valence-corrected chi connectivity index (χ3v) is 3.36. The first-order chi connectivity index (χ1) is 11.0. The van der Waals surface area contributed by atoms with Crippen molar-refractivity contribution in [2.75, 3.05) is 5.32 Å². The predicted octanol–water partition coefficient (Wildman–Crippen LogP) is 2.85. The minimum absolute atomic E-state index is 0.0397. The van der Waals surface area contributed by atoms with Gasteiger partial charge in [-0.2, -0.15) is 0 Å². The molecule has 5 nitrogen and oxygen atoms in total. The van der Waals surface area contributed by atoms with E-state index in [4.69, 9.17) is 10.2 Å². The summed E-state index contributed by atoms with van der Waals surface area (Å²) in [4.78, 5) is 23.7. The molecule has 2 amide bonds. The summed E-state index contributed by atoms with van der Waals surface area (Å²) in [7, 11) is 0. The molecule has 2 aromatic carbocycles. The zero-order valence-electron chi connectivity index (χ0n) is 12.0. The Morgan fingerprint density at radius 3 is 2.48 bits per heavy atom. The van der Waals surface area contributed by atoms with Crippen molar-refractivity contribution in [3.05, 3.63) is 65.7 Å². The second-order valence-corrected chi connectivity index (χ2v) is 5.02. The molecule has 1 heterocycles. The van der Waals surface area contributed by atoms with Gasteiger partial charge in [0.15, 0.2) is 0 Å². The van der Waals surface area contributed by atoms with Crippen LogP contribution in [0.25, 0.3) is 11.0 Å². The molecule has 6 heteroatoms. The third kappa shape index (κ3) is 3.06. The molecule has 0 bridgehead atoms. The maximum atomic E-state index is 12.9. The number of nitrogens with one attached hydrogen (secondary N) is 1. The highest BCUT2D eigenvalue weighted by atomic mass is 19.1. The molecule has 0 aliphatic heterocycles. The lowest BCUT2D eigenvalue weighted by Crippen LogP contribution is -2.18. The Labute approximate surface area is 130 Å². The molecule has 0 spiro atoms. The molecular weight excluding hydrogens is 299 g/mol. The fourth-order valence-corrected chi connectivity index (χ4v) is 2.31. The van der Waals surface area contributed by atoms with Crippen LogP contribution >= 0.6 is 0 Å². The van der Waals surface area contributed by atoms with Gasteiger partial charge in [0, 0.05) is 5.39 Å². The number of hydrogen-bond donors (Lipinski definition) is 2. The molecule has 0 fully saturated rings. The van der Waals surface area contributed by atoms with E-state index in [0.29, 0.717) is 16.5 Å². The smallest absolute Gasteiger partial charge is 0.286 e. The third-order valence-electron chi connectivity index (χ3n) is 3.36. The van der Waals surface area contributed by atoms with E-state index in [9.17, 15) is 14.0 Å². The molecule has 0 saturated carbocycles. The van der Waals surface area contributed by atoms with Gasteiger partial charge in [-0.3, -0.25) is 9.59 Å². The van der Waals surface area contributed by atoms with Crippen LogP contribution in [0.5, 0.6) is 0 Å². The van der Waals surface area contributed by atoms with Crippen LogP contribution in [0.4, 0.5) is 10.1 Å². The first kappa shape index (κ1) is 14.8. The number of anilines is 1. The van der Waals surface area contributed by atoms with Crippen molar-refractivity contribution in [2.45, 2.75) is 6.42 Å². The largest absolute Gasteiger partial charge is 0.449 e. The van der Waals surface area contributed by atoms with Gasteiger partial charge in [0.1, 0.15) is 17.1 Å². The van der Waals surface area contributed by atoms with Crippen LogP contribution in [-0.4, -0.2) is 11.8 Å². The summed E-state index contributed by atoms with van der Waals surface area (Å²) >= 11 is 0. The van der Waals surface area contributed by atoms with Crippen molar-refractivity contribution < 1.29 is 18.4 Å². The molecule has 0 aliphatic carbocycles. The second kappa shape index (κ2) is 5.92. The fraction of sp³-hybridized carbons (Fsp3) is 0.0588. The number of primary amides is 1. The number of carbonyl (C=O) groups excluding carboxylic acids is 2. The summed E-state index contributed by atoms with van der Waals surface area (Å²) in [5.41, 5.74) is 6.66. The van der Waals surface area contributed by atoms with Gasteiger partial charge < -0.3 is 15.5 Å². The Balaban J connectivity index is 1.88. The van der Waals surface area contributed by atoms with Crippen LogP contribution in [0, 0.1) is 5.82 Å². The second-order valence-electron chi connectivity index (χ2n) is 5.02. The van der Waals surface area contributed by atoms with Crippen molar-refractivity contribution in [3.63, 3.8) is 0 Å². The number of carbonyl (C=O) groups is 2. The number of nitrogens with two attached hydrogens (primary N) is 1. The molecule has 1 aromatic heterocycles. The minimum Gasteiger partial charge on any atom is -0.449 e. The molecule has 0 saturated heterocycles. The van der Waals surface area contributed by atoms with Crippen LogP contribution in [0.3, 0.4) is 0 Å². The van der Waals surface area contributed by atoms with E-state index in [2.05, 4.69) is 5.32 Å².